The normalized spacial score (nSPS) is 16.0. The maximum absolute atomic E-state index is 5.89. The first-order valence-electron chi connectivity index (χ1n) is 11.9. The molecular formula is C26H42O2. The van der Waals surface area contributed by atoms with E-state index in [4.69, 9.17) is 9.47 Å². The molecule has 0 amide bonds. The van der Waals surface area contributed by atoms with Crippen LogP contribution >= 0.6 is 0 Å². The van der Waals surface area contributed by atoms with E-state index >= 15 is 0 Å². The fraction of sp³-hybridized carbons (Fsp3) is 0.692. The van der Waals surface area contributed by atoms with Gasteiger partial charge in [-0.1, -0.05) is 101 Å². The van der Waals surface area contributed by atoms with Crippen molar-refractivity contribution >= 4 is 0 Å². The molecule has 0 aromatic heterocycles. The summed E-state index contributed by atoms with van der Waals surface area (Å²) in [7, 11) is 0. The number of unbranched alkanes of at least 4 members (excludes halogenated alkanes) is 11. The van der Waals surface area contributed by atoms with Crippen LogP contribution in [-0.4, -0.2) is 19.3 Å². The van der Waals surface area contributed by atoms with Crippen LogP contribution in [0.25, 0.3) is 0 Å². The molecule has 0 saturated carbocycles. The first kappa shape index (κ1) is 23.0. The molecule has 1 unspecified atom stereocenters. The number of hydrogen-bond donors (Lipinski definition) is 0. The van der Waals surface area contributed by atoms with Gasteiger partial charge in [-0.25, -0.2) is 0 Å². The second-order valence-corrected chi connectivity index (χ2v) is 8.21. The van der Waals surface area contributed by atoms with Crippen molar-refractivity contribution in [2.24, 2.45) is 0 Å². The summed E-state index contributed by atoms with van der Waals surface area (Å²) in [4.78, 5) is 0. The number of rotatable bonds is 18. The molecule has 1 saturated heterocycles. The zero-order chi connectivity index (χ0) is 19.7. The minimum absolute atomic E-state index is 0.318. The van der Waals surface area contributed by atoms with Gasteiger partial charge in [-0.3, -0.25) is 0 Å². The highest BCUT2D eigenvalue weighted by Crippen LogP contribution is 2.21. The van der Waals surface area contributed by atoms with Crippen LogP contribution in [0.4, 0.5) is 0 Å². The van der Waals surface area contributed by atoms with Crippen LogP contribution < -0.4 is 4.74 Å². The second kappa shape index (κ2) is 15.6. The third kappa shape index (κ3) is 11.5. The van der Waals surface area contributed by atoms with Gasteiger partial charge in [0.25, 0.3) is 0 Å². The molecule has 0 radical (unpaired) electrons. The summed E-state index contributed by atoms with van der Waals surface area (Å²) in [6, 6.07) is 8.41. The molecule has 1 aromatic rings. The molecule has 0 aliphatic carbocycles. The number of benzene rings is 1. The van der Waals surface area contributed by atoms with Gasteiger partial charge in [0.15, 0.2) is 0 Å². The van der Waals surface area contributed by atoms with Crippen LogP contribution in [0.1, 0.15) is 96.0 Å². The van der Waals surface area contributed by atoms with Crippen molar-refractivity contribution in [3.8, 4) is 5.75 Å². The standard InChI is InChI=1S/C26H42O2/c1-2-3-4-5-6-7-8-9-10-11-12-13-14-15-16-19-24-20-17-18-21-26(24)28-23-25-22-27-25/h14-15,17-18,20-21,25H,2-13,16,19,22-23H2,1H3/b15-14+. The van der Waals surface area contributed by atoms with Crippen LogP contribution in [0, 0.1) is 0 Å². The van der Waals surface area contributed by atoms with Gasteiger partial charge in [0, 0.05) is 0 Å². The van der Waals surface area contributed by atoms with Gasteiger partial charge in [0.05, 0.1) is 6.61 Å². The monoisotopic (exact) mass is 386 g/mol. The van der Waals surface area contributed by atoms with Crippen LogP contribution in [0.15, 0.2) is 36.4 Å². The zero-order valence-corrected chi connectivity index (χ0v) is 18.2. The molecule has 158 valence electrons. The topological polar surface area (TPSA) is 21.8 Å². The Balaban J connectivity index is 1.41. The number of allylic oxidation sites excluding steroid dienone is 2. The van der Waals surface area contributed by atoms with E-state index in [1.54, 1.807) is 0 Å². The lowest BCUT2D eigenvalue weighted by atomic mass is 10.0. The molecule has 1 aromatic carbocycles. The van der Waals surface area contributed by atoms with E-state index in [-0.39, 0.29) is 0 Å². The van der Waals surface area contributed by atoms with E-state index in [1.807, 2.05) is 0 Å². The lowest BCUT2D eigenvalue weighted by molar-refractivity contribution is 0.261. The molecule has 2 rings (SSSR count). The Morgan fingerprint density at radius 3 is 2.14 bits per heavy atom. The van der Waals surface area contributed by atoms with E-state index in [1.165, 1.54) is 82.6 Å². The molecule has 1 atom stereocenters. The average molecular weight is 387 g/mol. The molecule has 1 heterocycles. The fourth-order valence-electron chi connectivity index (χ4n) is 3.60. The highest BCUT2D eigenvalue weighted by Gasteiger charge is 2.23. The first-order valence-corrected chi connectivity index (χ1v) is 11.9. The van der Waals surface area contributed by atoms with E-state index in [0.717, 1.165) is 25.2 Å². The average Bonchev–Trinajstić information content (AvgIpc) is 3.54. The summed E-state index contributed by atoms with van der Waals surface area (Å²) in [6.45, 7) is 3.83. The maximum atomic E-state index is 5.89. The molecule has 2 heteroatoms. The van der Waals surface area contributed by atoms with Crippen molar-refractivity contribution in [1.29, 1.82) is 0 Å². The van der Waals surface area contributed by atoms with E-state index in [0.29, 0.717) is 12.7 Å². The molecule has 1 fully saturated rings. The van der Waals surface area contributed by atoms with Gasteiger partial charge in [-0.2, -0.15) is 0 Å². The van der Waals surface area contributed by atoms with E-state index in [9.17, 15) is 0 Å². The summed E-state index contributed by atoms with van der Waals surface area (Å²) in [6.07, 6.45) is 24.0. The van der Waals surface area contributed by atoms with Crippen molar-refractivity contribution in [2.75, 3.05) is 13.2 Å². The number of ether oxygens (including phenoxy) is 2. The van der Waals surface area contributed by atoms with Crippen LogP contribution in [0.5, 0.6) is 5.75 Å². The van der Waals surface area contributed by atoms with Gasteiger partial charge in [0.2, 0.25) is 0 Å². The Hall–Kier alpha value is -1.28. The van der Waals surface area contributed by atoms with Crippen LogP contribution in [0.2, 0.25) is 0 Å². The van der Waals surface area contributed by atoms with E-state index in [2.05, 4.69) is 43.3 Å². The predicted molar refractivity (Wildman–Crippen MR) is 120 cm³/mol. The van der Waals surface area contributed by atoms with Crippen molar-refractivity contribution in [3.05, 3.63) is 42.0 Å². The molecular weight excluding hydrogens is 344 g/mol. The SMILES string of the molecule is CCCCCCCCCCCCC/C=C/CCc1ccccc1OCC1CO1. The van der Waals surface area contributed by atoms with Crippen LogP contribution in [0.3, 0.4) is 0 Å². The molecule has 0 spiro atoms. The van der Waals surface area contributed by atoms with Gasteiger partial charge >= 0.3 is 0 Å². The maximum Gasteiger partial charge on any atom is 0.122 e. The summed E-state index contributed by atoms with van der Waals surface area (Å²) in [5.41, 5.74) is 1.31. The predicted octanol–water partition coefficient (Wildman–Crippen LogP) is 7.65. The third-order valence-corrected chi connectivity index (χ3v) is 5.52. The largest absolute Gasteiger partial charge is 0.491 e. The Bertz CT molecular complexity index is 519. The zero-order valence-electron chi connectivity index (χ0n) is 18.2. The summed E-state index contributed by atoms with van der Waals surface area (Å²) >= 11 is 0. The van der Waals surface area contributed by atoms with E-state index < -0.39 is 0 Å². The van der Waals surface area contributed by atoms with Gasteiger partial charge in [-0.15, -0.1) is 0 Å². The lowest BCUT2D eigenvalue weighted by Crippen LogP contribution is -2.05. The molecule has 0 bridgehead atoms. The molecule has 1 aliphatic heterocycles. The highest BCUT2D eigenvalue weighted by molar-refractivity contribution is 5.33. The first-order chi connectivity index (χ1) is 13.9. The lowest BCUT2D eigenvalue weighted by Gasteiger charge is -2.09. The van der Waals surface area contributed by atoms with Crippen molar-refractivity contribution in [1.82, 2.24) is 0 Å². The number of epoxide rings is 1. The molecule has 0 N–H and O–H groups in total. The van der Waals surface area contributed by atoms with Gasteiger partial charge < -0.3 is 9.47 Å². The smallest absolute Gasteiger partial charge is 0.122 e. The molecule has 28 heavy (non-hydrogen) atoms. The number of para-hydroxylation sites is 1. The van der Waals surface area contributed by atoms with Crippen molar-refractivity contribution in [3.63, 3.8) is 0 Å². The Labute approximate surface area is 173 Å². The fourth-order valence-corrected chi connectivity index (χ4v) is 3.60. The number of aryl methyl sites for hydroxylation is 1. The number of hydrogen-bond acceptors (Lipinski definition) is 2. The van der Waals surface area contributed by atoms with Gasteiger partial charge in [0.1, 0.15) is 18.5 Å². The Morgan fingerprint density at radius 2 is 1.46 bits per heavy atom. The molecule has 2 nitrogen and oxygen atoms in total. The summed E-state index contributed by atoms with van der Waals surface area (Å²) < 4.78 is 11.1. The minimum Gasteiger partial charge on any atom is -0.491 e. The van der Waals surface area contributed by atoms with Crippen LogP contribution in [-0.2, 0) is 11.2 Å². The summed E-state index contributed by atoms with van der Waals surface area (Å²) in [5.74, 6) is 1.02. The minimum atomic E-state index is 0.318. The Kier molecular flexibility index (Phi) is 12.8. The van der Waals surface area contributed by atoms with Crippen molar-refractivity contribution in [2.45, 2.75) is 103 Å². The summed E-state index contributed by atoms with van der Waals surface area (Å²) in [5, 5.41) is 0. The Morgan fingerprint density at radius 1 is 0.857 bits per heavy atom. The highest BCUT2D eigenvalue weighted by atomic mass is 16.6. The quantitative estimate of drug-likeness (QED) is 0.147. The second-order valence-electron chi connectivity index (χ2n) is 8.21. The van der Waals surface area contributed by atoms with Gasteiger partial charge in [-0.05, 0) is 37.3 Å². The van der Waals surface area contributed by atoms with Crippen molar-refractivity contribution < 1.29 is 9.47 Å². The molecule has 1 aliphatic rings. The third-order valence-electron chi connectivity index (χ3n) is 5.52.